The monoisotopic (exact) mass is 353 g/mol. The number of alkyl halides is 3. The number of halogens is 3. The van der Waals surface area contributed by atoms with Crippen LogP contribution in [0, 0.1) is 0 Å². The van der Waals surface area contributed by atoms with Gasteiger partial charge in [0.05, 0.1) is 17.2 Å². The summed E-state index contributed by atoms with van der Waals surface area (Å²) in [5.41, 5.74) is 0.483. The van der Waals surface area contributed by atoms with Gasteiger partial charge in [-0.05, 0) is 31.0 Å². The Morgan fingerprint density at radius 2 is 2.00 bits per heavy atom. The van der Waals surface area contributed by atoms with Crippen LogP contribution in [0.1, 0.15) is 18.4 Å². The SMILES string of the molecule is COC1CCN(CCNc2ccnc3cc(C(F)(F)F)ccc23)CC1. The van der Waals surface area contributed by atoms with E-state index in [1.54, 1.807) is 13.2 Å². The highest BCUT2D eigenvalue weighted by Crippen LogP contribution is 2.32. The van der Waals surface area contributed by atoms with Crippen molar-refractivity contribution in [2.75, 3.05) is 38.6 Å². The molecule has 1 N–H and O–H groups in total. The lowest BCUT2D eigenvalue weighted by atomic mass is 10.1. The zero-order valence-corrected chi connectivity index (χ0v) is 14.1. The molecule has 0 amide bonds. The summed E-state index contributed by atoms with van der Waals surface area (Å²) in [6.45, 7) is 3.64. The molecule has 0 saturated carbocycles. The van der Waals surface area contributed by atoms with Gasteiger partial charge < -0.3 is 15.0 Å². The van der Waals surface area contributed by atoms with Crippen LogP contribution in [0.2, 0.25) is 0 Å². The molecule has 2 heterocycles. The number of nitrogens with zero attached hydrogens (tertiary/aromatic N) is 2. The van der Waals surface area contributed by atoms with Crippen LogP contribution in [0.25, 0.3) is 10.9 Å². The zero-order chi connectivity index (χ0) is 17.9. The van der Waals surface area contributed by atoms with Crippen molar-refractivity contribution >= 4 is 16.6 Å². The summed E-state index contributed by atoms with van der Waals surface area (Å²) in [4.78, 5) is 6.44. The molecule has 0 bridgehead atoms. The molecule has 0 aliphatic carbocycles. The molecule has 136 valence electrons. The van der Waals surface area contributed by atoms with Gasteiger partial charge in [-0.1, -0.05) is 6.07 Å². The van der Waals surface area contributed by atoms with E-state index in [1.165, 1.54) is 12.3 Å². The minimum Gasteiger partial charge on any atom is -0.383 e. The molecule has 1 aliphatic heterocycles. The number of ether oxygens (including phenoxy) is 1. The lowest BCUT2D eigenvalue weighted by molar-refractivity contribution is -0.137. The summed E-state index contributed by atoms with van der Waals surface area (Å²) in [5.74, 6) is 0. The van der Waals surface area contributed by atoms with E-state index >= 15 is 0 Å². The van der Waals surface area contributed by atoms with Crippen LogP contribution < -0.4 is 5.32 Å². The molecular weight excluding hydrogens is 331 g/mol. The van der Waals surface area contributed by atoms with Crippen LogP contribution in [0.5, 0.6) is 0 Å². The fraction of sp³-hybridized carbons (Fsp3) is 0.500. The van der Waals surface area contributed by atoms with Gasteiger partial charge in [-0.2, -0.15) is 13.2 Å². The number of methoxy groups -OCH3 is 1. The molecule has 7 heteroatoms. The fourth-order valence-electron chi connectivity index (χ4n) is 3.20. The molecule has 1 fully saturated rings. The van der Waals surface area contributed by atoms with Crippen LogP contribution in [0.4, 0.5) is 18.9 Å². The third-order valence-electron chi connectivity index (χ3n) is 4.68. The maximum Gasteiger partial charge on any atom is 0.416 e. The van der Waals surface area contributed by atoms with Gasteiger partial charge in [0.15, 0.2) is 0 Å². The van der Waals surface area contributed by atoms with E-state index in [9.17, 15) is 13.2 Å². The maximum atomic E-state index is 12.8. The molecule has 0 unspecified atom stereocenters. The normalized spacial score (nSPS) is 17.1. The Hall–Kier alpha value is -1.86. The van der Waals surface area contributed by atoms with Gasteiger partial charge in [-0.3, -0.25) is 4.98 Å². The minimum atomic E-state index is -4.35. The highest BCUT2D eigenvalue weighted by atomic mass is 19.4. The quantitative estimate of drug-likeness (QED) is 0.888. The zero-order valence-electron chi connectivity index (χ0n) is 14.1. The third kappa shape index (κ3) is 4.41. The van der Waals surface area contributed by atoms with E-state index in [4.69, 9.17) is 4.74 Å². The Morgan fingerprint density at radius 3 is 2.68 bits per heavy atom. The molecule has 3 rings (SSSR count). The van der Waals surface area contributed by atoms with Gasteiger partial charge >= 0.3 is 6.18 Å². The van der Waals surface area contributed by atoms with Crippen molar-refractivity contribution in [2.24, 2.45) is 0 Å². The number of piperidine rings is 1. The molecule has 0 atom stereocenters. The summed E-state index contributed by atoms with van der Waals surface area (Å²) in [7, 11) is 1.75. The van der Waals surface area contributed by atoms with Gasteiger partial charge in [-0.15, -0.1) is 0 Å². The molecule has 1 aliphatic rings. The highest BCUT2D eigenvalue weighted by molar-refractivity contribution is 5.91. The van der Waals surface area contributed by atoms with Gasteiger partial charge in [0.25, 0.3) is 0 Å². The van der Waals surface area contributed by atoms with E-state index in [1.807, 2.05) is 0 Å². The van der Waals surface area contributed by atoms with E-state index in [0.29, 0.717) is 17.0 Å². The van der Waals surface area contributed by atoms with Crippen LogP contribution in [-0.2, 0) is 10.9 Å². The number of anilines is 1. The fourth-order valence-corrected chi connectivity index (χ4v) is 3.20. The molecule has 0 spiro atoms. The molecule has 25 heavy (non-hydrogen) atoms. The average Bonchev–Trinajstić information content (AvgIpc) is 2.61. The molecule has 2 aromatic rings. The molecule has 1 aromatic carbocycles. The number of pyridine rings is 1. The van der Waals surface area contributed by atoms with Gasteiger partial charge in [0.1, 0.15) is 0 Å². The summed E-state index contributed by atoms with van der Waals surface area (Å²) >= 11 is 0. The molecule has 0 radical (unpaired) electrons. The summed E-state index contributed by atoms with van der Waals surface area (Å²) in [6, 6.07) is 5.48. The van der Waals surface area contributed by atoms with Crippen molar-refractivity contribution in [1.29, 1.82) is 0 Å². The summed E-state index contributed by atoms with van der Waals surface area (Å²) < 4.78 is 43.8. The molecular formula is C18H22F3N3O. The lowest BCUT2D eigenvalue weighted by Gasteiger charge is -2.31. The maximum absolute atomic E-state index is 12.8. The van der Waals surface area contributed by atoms with Crippen molar-refractivity contribution < 1.29 is 17.9 Å². The minimum absolute atomic E-state index is 0.348. The first-order valence-corrected chi connectivity index (χ1v) is 8.42. The Morgan fingerprint density at radius 1 is 1.24 bits per heavy atom. The number of aromatic nitrogens is 1. The van der Waals surface area contributed by atoms with Gasteiger partial charge in [0, 0.05) is 50.6 Å². The third-order valence-corrected chi connectivity index (χ3v) is 4.68. The van der Waals surface area contributed by atoms with Crippen molar-refractivity contribution in [1.82, 2.24) is 9.88 Å². The standard InChI is InChI=1S/C18H22F3N3O/c1-25-14-5-9-24(10-6-14)11-8-23-16-4-7-22-17-12-13(18(19,20)21)2-3-15(16)17/h2-4,7,12,14H,5-6,8-11H2,1H3,(H,22,23). The number of hydrogen-bond donors (Lipinski definition) is 1. The van der Waals surface area contributed by atoms with Crippen molar-refractivity contribution in [3.05, 3.63) is 36.0 Å². The van der Waals surface area contributed by atoms with Crippen molar-refractivity contribution in [3.63, 3.8) is 0 Å². The largest absolute Gasteiger partial charge is 0.416 e. The van der Waals surface area contributed by atoms with Crippen molar-refractivity contribution in [3.8, 4) is 0 Å². The van der Waals surface area contributed by atoms with E-state index in [-0.39, 0.29) is 0 Å². The molecule has 4 nitrogen and oxygen atoms in total. The second kappa shape index (κ2) is 7.58. The first-order chi connectivity index (χ1) is 12.0. The van der Waals surface area contributed by atoms with Gasteiger partial charge in [0.2, 0.25) is 0 Å². The number of likely N-dealkylation sites (tertiary alicyclic amines) is 1. The highest BCUT2D eigenvalue weighted by Gasteiger charge is 2.30. The number of fused-ring (bicyclic) bond motifs is 1. The summed E-state index contributed by atoms with van der Waals surface area (Å²) in [5, 5.41) is 4.03. The van der Waals surface area contributed by atoms with E-state index in [0.717, 1.165) is 56.8 Å². The number of nitrogens with one attached hydrogen (secondary N) is 1. The second-order valence-corrected chi connectivity index (χ2v) is 6.29. The first-order valence-electron chi connectivity index (χ1n) is 8.42. The first kappa shape index (κ1) is 17.9. The second-order valence-electron chi connectivity index (χ2n) is 6.29. The van der Waals surface area contributed by atoms with Crippen molar-refractivity contribution in [2.45, 2.75) is 25.1 Å². The van der Waals surface area contributed by atoms with Crippen LogP contribution in [0.3, 0.4) is 0 Å². The molecule has 1 saturated heterocycles. The average molecular weight is 353 g/mol. The number of benzene rings is 1. The van der Waals surface area contributed by atoms with E-state index in [2.05, 4.69) is 15.2 Å². The van der Waals surface area contributed by atoms with Gasteiger partial charge in [-0.25, -0.2) is 0 Å². The Labute approximate surface area is 145 Å². The Balaban J connectivity index is 1.62. The van der Waals surface area contributed by atoms with Crippen LogP contribution >= 0.6 is 0 Å². The topological polar surface area (TPSA) is 37.4 Å². The smallest absolute Gasteiger partial charge is 0.383 e. The lowest BCUT2D eigenvalue weighted by Crippen LogP contribution is -2.39. The van der Waals surface area contributed by atoms with E-state index < -0.39 is 11.7 Å². The Kier molecular flexibility index (Phi) is 5.44. The number of rotatable bonds is 5. The van der Waals surface area contributed by atoms with Crippen LogP contribution in [0.15, 0.2) is 30.5 Å². The summed E-state index contributed by atoms with van der Waals surface area (Å²) in [6.07, 6.45) is -0.386. The predicted octanol–water partition coefficient (Wildman–Crippen LogP) is 3.78. The van der Waals surface area contributed by atoms with Crippen LogP contribution in [-0.4, -0.2) is 49.3 Å². The Bertz CT molecular complexity index is 712. The molecule has 1 aromatic heterocycles. The number of hydrogen-bond acceptors (Lipinski definition) is 4. The predicted molar refractivity (Wildman–Crippen MR) is 91.7 cm³/mol.